The summed E-state index contributed by atoms with van der Waals surface area (Å²) in [4.78, 5) is 28.8. The minimum atomic E-state index is -4.41. The van der Waals surface area contributed by atoms with E-state index >= 15 is 0 Å². The lowest BCUT2D eigenvalue weighted by atomic mass is 10.1. The van der Waals surface area contributed by atoms with Crippen molar-refractivity contribution < 1.29 is 31.9 Å². The number of hydrogen-bond acceptors (Lipinski definition) is 6. The zero-order valence-corrected chi connectivity index (χ0v) is 27.1. The zero-order chi connectivity index (χ0) is 32.2. The number of nitrogens with zero attached hydrogens (tertiary/aromatic N) is 2. The average Bonchev–Trinajstić information content (AvgIpc) is 2.96. The second kappa shape index (κ2) is 13.6. The number of carbonyl (C=O) groups excluding carboxylic acids is 2. The van der Waals surface area contributed by atoms with Crippen LogP contribution >= 0.6 is 23.2 Å². The summed E-state index contributed by atoms with van der Waals surface area (Å²) in [6.45, 7) is 6.96. The first kappa shape index (κ1) is 33.4. The number of nitrogens with one attached hydrogen (secondary N) is 1. The van der Waals surface area contributed by atoms with Crippen LogP contribution in [0.15, 0.2) is 65.6 Å². The van der Waals surface area contributed by atoms with E-state index in [4.69, 9.17) is 32.7 Å². The van der Waals surface area contributed by atoms with E-state index < -0.39 is 45.8 Å². The smallest absolute Gasteiger partial charge is 0.264 e. The lowest BCUT2D eigenvalue weighted by molar-refractivity contribution is -0.141. The molecule has 1 N–H and O–H groups in total. The number of ether oxygens (including phenoxy) is 2. The highest BCUT2D eigenvalue weighted by atomic mass is 35.5. The molecule has 3 aromatic rings. The van der Waals surface area contributed by atoms with Gasteiger partial charge in [0, 0.05) is 28.2 Å². The molecule has 0 saturated heterocycles. The summed E-state index contributed by atoms with van der Waals surface area (Å²) in [7, 11) is -4.41. The summed E-state index contributed by atoms with van der Waals surface area (Å²) in [5.74, 6) is -1.05. The van der Waals surface area contributed by atoms with E-state index in [1.54, 1.807) is 19.1 Å². The van der Waals surface area contributed by atoms with E-state index in [0.29, 0.717) is 22.9 Å². The first-order valence-corrected chi connectivity index (χ1v) is 16.1. The lowest BCUT2D eigenvalue weighted by Gasteiger charge is -2.35. The minimum Gasteiger partial charge on any atom is -0.486 e. The van der Waals surface area contributed by atoms with Crippen molar-refractivity contribution in [3.8, 4) is 11.5 Å². The molecule has 0 radical (unpaired) electrons. The Balaban J connectivity index is 1.77. The number of amides is 2. The Morgan fingerprint density at radius 1 is 0.977 bits per heavy atom. The van der Waals surface area contributed by atoms with Gasteiger partial charge in [-0.2, -0.15) is 0 Å². The van der Waals surface area contributed by atoms with Gasteiger partial charge in [-0.1, -0.05) is 36.2 Å². The topological polar surface area (TPSA) is 105 Å². The maximum atomic E-state index is 14.2. The summed E-state index contributed by atoms with van der Waals surface area (Å²) in [6.07, 6.45) is 0.227. The van der Waals surface area contributed by atoms with E-state index in [1.807, 2.05) is 20.8 Å². The number of sulfonamides is 1. The number of rotatable bonds is 10. The Morgan fingerprint density at radius 2 is 1.64 bits per heavy atom. The van der Waals surface area contributed by atoms with Gasteiger partial charge in [0.2, 0.25) is 11.8 Å². The van der Waals surface area contributed by atoms with Gasteiger partial charge in [-0.3, -0.25) is 13.9 Å². The highest BCUT2D eigenvalue weighted by Gasteiger charge is 2.35. The fraction of sp³-hybridized carbons (Fsp3) is 0.355. The molecule has 1 atom stereocenters. The van der Waals surface area contributed by atoms with E-state index in [1.165, 1.54) is 41.3 Å². The molecule has 0 saturated carbocycles. The van der Waals surface area contributed by atoms with Crippen molar-refractivity contribution in [2.24, 2.45) is 0 Å². The number of halogens is 3. The molecule has 0 fully saturated rings. The minimum absolute atomic E-state index is 0.0475. The van der Waals surface area contributed by atoms with E-state index in [0.717, 1.165) is 16.4 Å². The second-order valence-corrected chi connectivity index (χ2v) is 13.9. The molecule has 44 heavy (non-hydrogen) atoms. The molecule has 1 aliphatic rings. The first-order valence-electron chi connectivity index (χ1n) is 13.9. The summed E-state index contributed by atoms with van der Waals surface area (Å²) in [5.41, 5.74) is -0.0421. The molecule has 9 nitrogen and oxygen atoms in total. The maximum Gasteiger partial charge on any atom is 0.264 e. The zero-order valence-electron chi connectivity index (χ0n) is 24.8. The highest BCUT2D eigenvalue weighted by molar-refractivity contribution is 7.92. The highest BCUT2D eigenvalue weighted by Crippen LogP contribution is 2.34. The van der Waals surface area contributed by atoms with Gasteiger partial charge in [0.1, 0.15) is 31.6 Å². The largest absolute Gasteiger partial charge is 0.486 e. The van der Waals surface area contributed by atoms with Crippen LogP contribution in [-0.4, -0.2) is 56.5 Å². The predicted molar refractivity (Wildman–Crippen MR) is 167 cm³/mol. The van der Waals surface area contributed by atoms with Crippen molar-refractivity contribution in [1.82, 2.24) is 10.2 Å². The Morgan fingerprint density at radius 3 is 2.25 bits per heavy atom. The molecule has 13 heteroatoms. The van der Waals surface area contributed by atoms with Crippen LogP contribution in [0.3, 0.4) is 0 Å². The fourth-order valence-electron chi connectivity index (χ4n) is 4.65. The molecular weight excluding hydrogens is 632 g/mol. The average molecular weight is 667 g/mol. The standard InChI is InChI=1S/C31H34Cl2FN3O6S/c1-5-26(30(39)35-31(2,3)4)36(18-20-6-7-21(32)16-25(20)33)29(38)19-37(23-10-8-22(34)9-11-23)44(40,41)24-12-13-27-28(17-24)43-15-14-42-27/h6-13,16-17,26H,5,14-15,18-19H2,1-4H3,(H,35,39). The van der Waals surface area contributed by atoms with Gasteiger partial charge in [0.05, 0.1) is 10.6 Å². The predicted octanol–water partition coefficient (Wildman–Crippen LogP) is 5.82. The number of anilines is 1. The van der Waals surface area contributed by atoms with Crippen molar-refractivity contribution in [3.05, 3.63) is 82.1 Å². The molecule has 0 aromatic heterocycles. The van der Waals surface area contributed by atoms with Crippen LogP contribution in [0.1, 0.15) is 39.7 Å². The summed E-state index contributed by atoms with van der Waals surface area (Å²) < 4.78 is 54.1. The number of benzene rings is 3. The van der Waals surface area contributed by atoms with Gasteiger partial charge >= 0.3 is 0 Å². The van der Waals surface area contributed by atoms with E-state index in [-0.39, 0.29) is 40.9 Å². The fourth-order valence-corrected chi connectivity index (χ4v) is 6.55. The third kappa shape index (κ3) is 7.94. The normalized spacial score (nSPS) is 13.6. The van der Waals surface area contributed by atoms with E-state index in [2.05, 4.69) is 5.32 Å². The summed E-state index contributed by atoms with van der Waals surface area (Å²) >= 11 is 12.5. The van der Waals surface area contributed by atoms with Gasteiger partial charge in [0.15, 0.2) is 11.5 Å². The number of carbonyl (C=O) groups is 2. The third-order valence-electron chi connectivity index (χ3n) is 6.74. The van der Waals surface area contributed by atoms with Crippen LogP contribution < -0.4 is 19.1 Å². The molecule has 1 aliphatic heterocycles. The van der Waals surface area contributed by atoms with Crippen LogP contribution in [0.5, 0.6) is 11.5 Å². The summed E-state index contributed by atoms with van der Waals surface area (Å²) in [5, 5.41) is 3.57. The molecule has 236 valence electrons. The maximum absolute atomic E-state index is 14.2. The first-order chi connectivity index (χ1) is 20.7. The third-order valence-corrected chi connectivity index (χ3v) is 9.09. The molecule has 0 bridgehead atoms. The molecule has 2 amide bonds. The van der Waals surface area contributed by atoms with Crippen molar-refractivity contribution >= 4 is 50.7 Å². The van der Waals surface area contributed by atoms with Crippen LogP contribution in [-0.2, 0) is 26.2 Å². The summed E-state index contributed by atoms with van der Waals surface area (Å²) in [6, 6.07) is 12.7. The SMILES string of the molecule is CCC(C(=O)NC(C)(C)C)N(Cc1ccc(Cl)cc1Cl)C(=O)CN(c1ccc(F)cc1)S(=O)(=O)c1ccc2c(c1)OCCO2. The quantitative estimate of drug-likeness (QED) is 0.293. The van der Waals surface area contributed by atoms with Gasteiger partial charge in [0.25, 0.3) is 10.0 Å². The Labute approximate surface area is 266 Å². The van der Waals surface area contributed by atoms with Gasteiger partial charge < -0.3 is 19.7 Å². The van der Waals surface area contributed by atoms with Crippen molar-refractivity contribution in [2.75, 3.05) is 24.1 Å². The molecule has 0 aliphatic carbocycles. The van der Waals surface area contributed by atoms with Crippen LogP contribution in [0.4, 0.5) is 10.1 Å². The molecular formula is C31H34Cl2FN3O6S. The van der Waals surface area contributed by atoms with Crippen LogP contribution in [0.25, 0.3) is 0 Å². The number of fused-ring (bicyclic) bond motifs is 1. The molecule has 4 rings (SSSR count). The van der Waals surface area contributed by atoms with Crippen molar-refractivity contribution in [2.45, 2.75) is 57.1 Å². The molecule has 3 aromatic carbocycles. The van der Waals surface area contributed by atoms with Crippen molar-refractivity contribution in [3.63, 3.8) is 0 Å². The number of hydrogen-bond donors (Lipinski definition) is 1. The lowest BCUT2D eigenvalue weighted by Crippen LogP contribution is -2.55. The molecule has 1 heterocycles. The Kier molecular flexibility index (Phi) is 10.3. The van der Waals surface area contributed by atoms with Crippen molar-refractivity contribution in [1.29, 1.82) is 0 Å². The second-order valence-electron chi connectivity index (χ2n) is 11.2. The molecule has 0 spiro atoms. The van der Waals surface area contributed by atoms with Crippen LogP contribution in [0.2, 0.25) is 10.0 Å². The van der Waals surface area contributed by atoms with Crippen LogP contribution in [0, 0.1) is 5.82 Å². The van der Waals surface area contributed by atoms with Gasteiger partial charge in [-0.25, -0.2) is 12.8 Å². The van der Waals surface area contributed by atoms with Gasteiger partial charge in [-0.05, 0) is 81.3 Å². The Bertz CT molecular complexity index is 1630. The van der Waals surface area contributed by atoms with E-state index in [9.17, 15) is 22.4 Å². The Hall–Kier alpha value is -3.54. The monoisotopic (exact) mass is 665 g/mol. The molecule has 1 unspecified atom stereocenters. The van der Waals surface area contributed by atoms with Gasteiger partial charge in [-0.15, -0.1) is 0 Å².